The molecule has 2 aromatic rings. The Morgan fingerprint density at radius 1 is 1.20 bits per heavy atom. The molecular weight excluding hydrogens is 280 g/mol. The molecule has 0 fully saturated rings. The molecule has 9 heteroatoms. The number of halogens is 4. The zero-order valence-electron chi connectivity index (χ0n) is 10.0. The van der Waals surface area contributed by atoms with Crippen molar-refractivity contribution in [2.45, 2.75) is 13.1 Å². The first-order valence-electron chi connectivity index (χ1n) is 5.27. The van der Waals surface area contributed by atoms with E-state index in [1.807, 2.05) is 0 Å². The second-order valence-corrected chi connectivity index (χ2v) is 3.95. The Kier molecular flexibility index (Phi) is 3.20. The standard InChI is InChI=1S/C11H8F4N4O/c1-4-9(18-19-10(16)17-4)8-6(12)2-5(3-7(8)20)11(13,14)15/h2-3,20H,1H3,(H2,16,17,19). The molecule has 0 bridgehead atoms. The summed E-state index contributed by atoms with van der Waals surface area (Å²) in [7, 11) is 0. The van der Waals surface area contributed by atoms with E-state index < -0.39 is 28.9 Å². The van der Waals surface area contributed by atoms with Crippen LogP contribution in [0.25, 0.3) is 11.3 Å². The summed E-state index contributed by atoms with van der Waals surface area (Å²) in [4.78, 5) is 3.71. The number of nitrogens with zero attached hydrogens (tertiary/aromatic N) is 3. The van der Waals surface area contributed by atoms with E-state index in [1.54, 1.807) is 0 Å². The molecule has 1 aromatic heterocycles. The first-order valence-corrected chi connectivity index (χ1v) is 5.27. The largest absolute Gasteiger partial charge is 0.507 e. The van der Waals surface area contributed by atoms with Gasteiger partial charge in [-0.3, -0.25) is 0 Å². The maximum absolute atomic E-state index is 13.8. The number of rotatable bonds is 1. The van der Waals surface area contributed by atoms with E-state index in [-0.39, 0.29) is 23.4 Å². The van der Waals surface area contributed by atoms with Gasteiger partial charge in [0.15, 0.2) is 0 Å². The van der Waals surface area contributed by atoms with Crippen LogP contribution in [0, 0.1) is 12.7 Å². The van der Waals surface area contributed by atoms with Crippen molar-refractivity contribution in [2.75, 3.05) is 5.73 Å². The van der Waals surface area contributed by atoms with E-state index in [4.69, 9.17) is 5.73 Å². The number of aryl methyl sites for hydroxylation is 1. The first-order chi connectivity index (χ1) is 9.20. The van der Waals surface area contributed by atoms with Gasteiger partial charge in [0.05, 0.1) is 16.8 Å². The van der Waals surface area contributed by atoms with Crippen LogP contribution < -0.4 is 5.73 Å². The molecule has 20 heavy (non-hydrogen) atoms. The summed E-state index contributed by atoms with van der Waals surface area (Å²) in [6, 6.07) is 0.683. The highest BCUT2D eigenvalue weighted by atomic mass is 19.4. The Morgan fingerprint density at radius 3 is 2.35 bits per heavy atom. The molecule has 1 heterocycles. The second-order valence-electron chi connectivity index (χ2n) is 3.95. The number of benzene rings is 1. The lowest BCUT2D eigenvalue weighted by molar-refractivity contribution is -0.137. The number of hydrogen-bond donors (Lipinski definition) is 2. The molecule has 0 aliphatic carbocycles. The van der Waals surface area contributed by atoms with Gasteiger partial charge in [0.25, 0.3) is 0 Å². The van der Waals surface area contributed by atoms with Gasteiger partial charge >= 0.3 is 6.18 Å². The Morgan fingerprint density at radius 2 is 1.85 bits per heavy atom. The minimum atomic E-state index is -4.77. The second kappa shape index (κ2) is 4.58. The fourth-order valence-corrected chi connectivity index (χ4v) is 1.64. The van der Waals surface area contributed by atoms with E-state index in [2.05, 4.69) is 15.2 Å². The normalized spacial score (nSPS) is 11.7. The average Bonchev–Trinajstić information content (AvgIpc) is 2.29. The molecule has 0 unspecified atom stereocenters. The summed E-state index contributed by atoms with van der Waals surface area (Å²) >= 11 is 0. The van der Waals surface area contributed by atoms with Crippen LogP contribution in [0.1, 0.15) is 11.3 Å². The number of phenols is 1. The number of aromatic hydroxyl groups is 1. The van der Waals surface area contributed by atoms with Crippen LogP contribution in [0.15, 0.2) is 12.1 Å². The zero-order valence-corrected chi connectivity index (χ0v) is 10.0. The van der Waals surface area contributed by atoms with Gasteiger partial charge in [-0.25, -0.2) is 9.37 Å². The van der Waals surface area contributed by atoms with E-state index >= 15 is 0 Å². The van der Waals surface area contributed by atoms with Crippen molar-refractivity contribution in [3.8, 4) is 17.0 Å². The summed E-state index contributed by atoms with van der Waals surface area (Å²) in [5.41, 5.74) is 3.42. The van der Waals surface area contributed by atoms with Crippen molar-refractivity contribution in [3.63, 3.8) is 0 Å². The highest BCUT2D eigenvalue weighted by molar-refractivity contribution is 5.69. The van der Waals surface area contributed by atoms with Crippen molar-refractivity contribution in [3.05, 3.63) is 29.2 Å². The van der Waals surface area contributed by atoms with Crippen LogP contribution in [-0.4, -0.2) is 20.3 Å². The average molecular weight is 288 g/mol. The monoisotopic (exact) mass is 288 g/mol. The predicted octanol–water partition coefficient (Wildman–Crippen LogP) is 2.29. The minimum absolute atomic E-state index is 0.131. The van der Waals surface area contributed by atoms with Gasteiger partial charge in [-0.1, -0.05) is 0 Å². The number of phenolic OH excluding ortho intramolecular Hbond substituents is 1. The van der Waals surface area contributed by atoms with Crippen molar-refractivity contribution >= 4 is 5.95 Å². The number of aromatic nitrogens is 3. The summed E-state index contributed by atoms with van der Waals surface area (Å²) in [5, 5.41) is 16.5. The molecule has 0 spiro atoms. The molecule has 0 saturated heterocycles. The van der Waals surface area contributed by atoms with Crippen LogP contribution in [0.2, 0.25) is 0 Å². The fourth-order valence-electron chi connectivity index (χ4n) is 1.64. The molecule has 106 valence electrons. The third kappa shape index (κ3) is 2.46. The van der Waals surface area contributed by atoms with Gasteiger partial charge in [-0.15, -0.1) is 10.2 Å². The van der Waals surface area contributed by atoms with Crippen molar-refractivity contribution in [1.29, 1.82) is 0 Å². The lowest BCUT2D eigenvalue weighted by Gasteiger charge is -2.11. The number of anilines is 1. The van der Waals surface area contributed by atoms with Gasteiger partial charge in [-0.05, 0) is 19.1 Å². The molecule has 0 atom stereocenters. The molecule has 2 rings (SSSR count). The lowest BCUT2D eigenvalue weighted by atomic mass is 10.0. The summed E-state index contributed by atoms with van der Waals surface area (Å²) in [5.74, 6) is -2.35. The highest BCUT2D eigenvalue weighted by Crippen LogP contribution is 2.38. The summed E-state index contributed by atoms with van der Waals surface area (Å²) in [6.45, 7) is 1.41. The molecule has 0 aliphatic heterocycles. The first kappa shape index (κ1) is 14.0. The zero-order chi connectivity index (χ0) is 15.1. The van der Waals surface area contributed by atoms with Gasteiger partial charge in [0.2, 0.25) is 5.95 Å². The van der Waals surface area contributed by atoms with Crippen LogP contribution >= 0.6 is 0 Å². The van der Waals surface area contributed by atoms with Crippen LogP contribution in [0.4, 0.5) is 23.5 Å². The number of nitrogen functional groups attached to an aromatic ring is 1. The number of alkyl halides is 3. The van der Waals surface area contributed by atoms with Crippen LogP contribution in [0.5, 0.6) is 5.75 Å². The Balaban J connectivity index is 2.64. The lowest BCUT2D eigenvalue weighted by Crippen LogP contribution is -2.07. The Labute approximate surface area is 110 Å². The van der Waals surface area contributed by atoms with Crippen LogP contribution in [-0.2, 0) is 6.18 Å². The summed E-state index contributed by atoms with van der Waals surface area (Å²) in [6.07, 6.45) is -4.77. The topological polar surface area (TPSA) is 84.9 Å². The Bertz CT molecular complexity index is 649. The molecule has 3 N–H and O–H groups in total. The number of hydrogen-bond acceptors (Lipinski definition) is 5. The van der Waals surface area contributed by atoms with E-state index in [0.29, 0.717) is 6.07 Å². The van der Waals surface area contributed by atoms with Crippen molar-refractivity contribution in [1.82, 2.24) is 15.2 Å². The van der Waals surface area contributed by atoms with E-state index in [9.17, 15) is 22.7 Å². The third-order valence-electron chi connectivity index (χ3n) is 2.51. The molecule has 1 aromatic carbocycles. The molecule has 5 nitrogen and oxygen atoms in total. The van der Waals surface area contributed by atoms with Gasteiger partial charge in [0, 0.05) is 0 Å². The predicted molar refractivity (Wildman–Crippen MR) is 61.0 cm³/mol. The van der Waals surface area contributed by atoms with Crippen LogP contribution in [0.3, 0.4) is 0 Å². The third-order valence-corrected chi connectivity index (χ3v) is 2.51. The van der Waals surface area contributed by atoms with Gasteiger partial charge in [0.1, 0.15) is 17.3 Å². The SMILES string of the molecule is Cc1nc(N)nnc1-c1c(O)cc(C(F)(F)F)cc1F. The highest BCUT2D eigenvalue weighted by Gasteiger charge is 2.33. The van der Waals surface area contributed by atoms with E-state index in [0.717, 1.165) is 0 Å². The number of nitrogens with two attached hydrogens (primary N) is 1. The molecule has 0 aliphatic rings. The fraction of sp³-hybridized carbons (Fsp3) is 0.182. The molecule has 0 amide bonds. The van der Waals surface area contributed by atoms with Gasteiger partial charge in [-0.2, -0.15) is 13.2 Å². The molecule has 0 radical (unpaired) electrons. The summed E-state index contributed by atoms with van der Waals surface area (Å²) < 4.78 is 51.3. The van der Waals surface area contributed by atoms with E-state index in [1.165, 1.54) is 6.92 Å². The molecule has 0 saturated carbocycles. The quantitative estimate of drug-likeness (QED) is 0.786. The maximum Gasteiger partial charge on any atom is 0.416 e. The Hall–Kier alpha value is -2.45. The van der Waals surface area contributed by atoms with Crippen molar-refractivity contribution < 1.29 is 22.7 Å². The van der Waals surface area contributed by atoms with Gasteiger partial charge < -0.3 is 10.8 Å². The van der Waals surface area contributed by atoms with Crippen molar-refractivity contribution in [2.24, 2.45) is 0 Å². The maximum atomic E-state index is 13.8. The smallest absolute Gasteiger partial charge is 0.416 e. The molecular formula is C11H8F4N4O. The minimum Gasteiger partial charge on any atom is -0.507 e.